The molecule has 0 saturated heterocycles. The van der Waals surface area contributed by atoms with Crippen LogP contribution < -0.4 is 9.47 Å². The lowest BCUT2D eigenvalue weighted by Gasteiger charge is -2.13. The number of phosphoric acid groups is 1. The van der Waals surface area contributed by atoms with Gasteiger partial charge >= 0.3 is 7.82 Å². The first-order valence-corrected chi connectivity index (χ1v) is 12.1. The minimum atomic E-state index is -4.81. The van der Waals surface area contributed by atoms with Gasteiger partial charge < -0.3 is 19.3 Å². The number of hydrogen-bond donors (Lipinski definition) is 2. The molecule has 32 heavy (non-hydrogen) atoms. The molecule has 2 heterocycles. The normalized spacial score (nSPS) is 12.7. The van der Waals surface area contributed by atoms with Gasteiger partial charge in [-0.25, -0.2) is 9.55 Å². The molecule has 172 valence electrons. The van der Waals surface area contributed by atoms with Gasteiger partial charge in [0.05, 0.1) is 47.5 Å². The Labute approximate surface area is 186 Å². The summed E-state index contributed by atoms with van der Waals surface area (Å²) >= 11 is 0. The summed E-state index contributed by atoms with van der Waals surface area (Å²) in [6, 6.07) is 4.78. The lowest BCUT2D eigenvalue weighted by Crippen LogP contribution is -2.11. The maximum Gasteiger partial charge on any atom is 0.471 e. The largest absolute Gasteiger partial charge is 0.493 e. The highest BCUT2D eigenvalue weighted by Crippen LogP contribution is 2.37. The minimum absolute atomic E-state index is 0.000208. The summed E-state index contributed by atoms with van der Waals surface area (Å²) in [6.45, 7) is 2.55. The summed E-state index contributed by atoms with van der Waals surface area (Å²) in [6.07, 6.45) is 1.48. The topological polar surface area (TPSA) is 150 Å². The molecule has 0 spiro atoms. The van der Waals surface area contributed by atoms with Crippen LogP contribution in [0, 0.1) is 6.92 Å². The van der Waals surface area contributed by atoms with Crippen molar-refractivity contribution in [3.05, 3.63) is 41.2 Å². The Bertz CT molecular complexity index is 1250. The lowest BCUT2D eigenvalue weighted by molar-refractivity contribution is 0.101. The molecule has 13 heteroatoms. The van der Waals surface area contributed by atoms with Crippen molar-refractivity contribution < 1.29 is 37.4 Å². The van der Waals surface area contributed by atoms with Crippen molar-refractivity contribution >= 4 is 35.4 Å². The average molecular weight is 483 g/mol. The van der Waals surface area contributed by atoms with Crippen molar-refractivity contribution in [1.29, 1.82) is 0 Å². The van der Waals surface area contributed by atoms with Gasteiger partial charge in [-0.05, 0) is 31.5 Å². The molecule has 3 aromatic rings. The SMILES string of the molecule is COc1ccnc(CS(=O)c2nc3cc(C(C)=O)c(C)cc3n2COP(=O)(O)O)c1OC. The van der Waals surface area contributed by atoms with Crippen LogP contribution in [0.2, 0.25) is 0 Å². The number of carbonyl (C=O) groups excluding carboxylic acids is 1. The third kappa shape index (κ3) is 5.05. The van der Waals surface area contributed by atoms with Crippen LogP contribution in [-0.2, 0) is 32.4 Å². The van der Waals surface area contributed by atoms with E-state index in [1.807, 2.05) is 0 Å². The molecule has 2 N–H and O–H groups in total. The van der Waals surface area contributed by atoms with E-state index in [1.165, 1.54) is 31.9 Å². The van der Waals surface area contributed by atoms with Crippen molar-refractivity contribution in [2.45, 2.75) is 31.5 Å². The number of rotatable bonds is 9. The standard InChI is InChI=1S/C19H22N3O8PS/c1-11-7-16-14(8-13(11)12(2)23)21-19(22(16)10-30-31(24,25)26)32(27)9-15-18(29-4)17(28-3)5-6-20-15/h5-8H,9-10H2,1-4H3,(H2,24,25,26). The van der Waals surface area contributed by atoms with E-state index in [4.69, 9.17) is 19.3 Å². The van der Waals surface area contributed by atoms with Crippen LogP contribution in [-0.4, -0.2) is 48.5 Å². The van der Waals surface area contributed by atoms with E-state index in [-0.39, 0.29) is 16.7 Å². The first-order valence-electron chi connectivity index (χ1n) is 9.21. The highest BCUT2D eigenvalue weighted by atomic mass is 32.2. The molecule has 0 aliphatic heterocycles. The Balaban J connectivity index is 2.10. The Morgan fingerprint density at radius 3 is 2.56 bits per heavy atom. The molecule has 0 amide bonds. The molecule has 1 atom stereocenters. The van der Waals surface area contributed by atoms with Gasteiger partial charge in [0, 0.05) is 17.8 Å². The number of aryl methyl sites for hydroxylation is 1. The van der Waals surface area contributed by atoms with Gasteiger partial charge in [-0.3, -0.25) is 23.1 Å². The van der Waals surface area contributed by atoms with Gasteiger partial charge in [-0.1, -0.05) is 0 Å². The molecule has 0 fully saturated rings. The fourth-order valence-electron chi connectivity index (χ4n) is 3.21. The number of carbonyl (C=O) groups is 1. The summed E-state index contributed by atoms with van der Waals surface area (Å²) in [5.41, 5.74) is 2.17. The third-order valence-electron chi connectivity index (χ3n) is 4.63. The summed E-state index contributed by atoms with van der Waals surface area (Å²) < 4.78 is 41.1. The van der Waals surface area contributed by atoms with Crippen LogP contribution in [0.5, 0.6) is 11.5 Å². The van der Waals surface area contributed by atoms with Gasteiger partial charge in [-0.15, -0.1) is 0 Å². The second-order valence-corrected chi connectivity index (χ2v) is 9.35. The van der Waals surface area contributed by atoms with Gasteiger partial charge in [0.15, 0.2) is 17.3 Å². The van der Waals surface area contributed by atoms with Gasteiger partial charge in [-0.2, -0.15) is 0 Å². The predicted octanol–water partition coefficient (Wildman–Crippen LogP) is 2.33. The molecule has 0 radical (unpaired) electrons. The number of Topliss-reactive ketones (excluding diaryl/α,β-unsaturated/α-hetero) is 1. The molecule has 0 saturated carbocycles. The molecule has 0 bridgehead atoms. The number of phosphoric ester groups is 1. The number of benzene rings is 1. The Hall–Kier alpha value is -2.63. The van der Waals surface area contributed by atoms with Gasteiger partial charge in [0.1, 0.15) is 6.73 Å². The molecule has 3 rings (SSSR count). The van der Waals surface area contributed by atoms with Crippen molar-refractivity contribution in [3.8, 4) is 11.5 Å². The quantitative estimate of drug-likeness (QED) is 0.343. The van der Waals surface area contributed by atoms with Crippen LogP contribution in [0.25, 0.3) is 11.0 Å². The number of imidazole rings is 1. The fourth-order valence-corrected chi connectivity index (χ4v) is 4.65. The Morgan fingerprint density at radius 2 is 1.97 bits per heavy atom. The summed E-state index contributed by atoms with van der Waals surface area (Å²) in [4.78, 5) is 38.8. The molecule has 11 nitrogen and oxygen atoms in total. The number of hydrogen-bond acceptors (Lipinski definition) is 8. The van der Waals surface area contributed by atoms with E-state index in [0.29, 0.717) is 39.4 Å². The van der Waals surface area contributed by atoms with Crippen molar-refractivity contribution in [2.75, 3.05) is 14.2 Å². The average Bonchev–Trinajstić information content (AvgIpc) is 3.08. The minimum Gasteiger partial charge on any atom is -0.493 e. The third-order valence-corrected chi connectivity index (χ3v) is 6.34. The molecule has 2 aromatic heterocycles. The first kappa shape index (κ1) is 24.0. The molecule has 1 unspecified atom stereocenters. The Kier molecular flexibility index (Phi) is 7.11. The second-order valence-electron chi connectivity index (χ2n) is 6.77. The summed E-state index contributed by atoms with van der Waals surface area (Å²) in [5.74, 6) is 0.443. The number of ketones is 1. The number of nitrogens with zero attached hydrogens (tertiary/aromatic N) is 3. The molecule has 0 aliphatic carbocycles. The predicted molar refractivity (Wildman–Crippen MR) is 115 cm³/mol. The van der Waals surface area contributed by atoms with E-state index in [1.54, 1.807) is 25.1 Å². The number of ether oxygens (including phenoxy) is 2. The lowest BCUT2D eigenvalue weighted by atomic mass is 10.0. The smallest absolute Gasteiger partial charge is 0.471 e. The van der Waals surface area contributed by atoms with E-state index in [2.05, 4.69) is 14.5 Å². The second kappa shape index (κ2) is 9.47. The molecule has 0 aliphatic rings. The van der Waals surface area contributed by atoms with Crippen molar-refractivity contribution in [1.82, 2.24) is 14.5 Å². The first-order chi connectivity index (χ1) is 15.1. The van der Waals surface area contributed by atoms with E-state index >= 15 is 0 Å². The maximum atomic E-state index is 13.3. The van der Waals surface area contributed by atoms with Gasteiger partial charge in [0.25, 0.3) is 0 Å². The van der Waals surface area contributed by atoms with Crippen molar-refractivity contribution in [2.24, 2.45) is 0 Å². The van der Waals surface area contributed by atoms with E-state index in [0.717, 1.165) is 0 Å². The molecular weight excluding hydrogens is 461 g/mol. The zero-order chi connectivity index (χ0) is 23.6. The number of fused-ring (bicyclic) bond motifs is 1. The van der Waals surface area contributed by atoms with Crippen LogP contribution in [0.15, 0.2) is 29.6 Å². The summed E-state index contributed by atoms with van der Waals surface area (Å²) in [7, 11) is -3.73. The van der Waals surface area contributed by atoms with Crippen LogP contribution in [0.1, 0.15) is 28.5 Å². The fraction of sp³-hybridized carbons (Fsp3) is 0.316. The maximum absolute atomic E-state index is 13.3. The highest BCUT2D eigenvalue weighted by molar-refractivity contribution is 7.84. The van der Waals surface area contributed by atoms with Gasteiger partial charge in [0.2, 0.25) is 5.16 Å². The van der Waals surface area contributed by atoms with Crippen LogP contribution in [0.3, 0.4) is 0 Å². The zero-order valence-electron chi connectivity index (χ0n) is 17.8. The molecule has 1 aromatic carbocycles. The highest BCUT2D eigenvalue weighted by Gasteiger charge is 2.24. The number of aromatic nitrogens is 3. The number of pyridine rings is 1. The van der Waals surface area contributed by atoms with E-state index < -0.39 is 25.4 Å². The van der Waals surface area contributed by atoms with Crippen LogP contribution in [0.4, 0.5) is 0 Å². The number of methoxy groups -OCH3 is 2. The molecular formula is C19H22N3O8PS. The van der Waals surface area contributed by atoms with E-state index in [9.17, 15) is 13.6 Å². The van der Waals surface area contributed by atoms with Crippen molar-refractivity contribution in [3.63, 3.8) is 0 Å². The Morgan fingerprint density at radius 1 is 1.25 bits per heavy atom. The monoisotopic (exact) mass is 483 g/mol. The zero-order valence-corrected chi connectivity index (χ0v) is 19.5. The van der Waals surface area contributed by atoms with Crippen LogP contribution >= 0.6 is 7.82 Å². The summed E-state index contributed by atoms with van der Waals surface area (Å²) in [5, 5.41) is 0.000208.